The summed E-state index contributed by atoms with van der Waals surface area (Å²) in [6.45, 7) is 1.08. The van der Waals surface area contributed by atoms with Gasteiger partial charge in [-0.2, -0.15) is 10.2 Å². The first-order chi connectivity index (χ1) is 13.2. The minimum absolute atomic E-state index is 0.0442. The highest BCUT2D eigenvalue weighted by Gasteiger charge is 2.06. The number of rotatable bonds is 9. The van der Waals surface area contributed by atoms with Crippen LogP contribution in [0.4, 0.5) is 5.69 Å². The molecule has 0 spiro atoms. The van der Waals surface area contributed by atoms with Gasteiger partial charge in [0.15, 0.2) is 0 Å². The number of nitrogens with zero attached hydrogens (tertiary/aromatic N) is 4. The largest absolute Gasteiger partial charge is 0.396 e. The van der Waals surface area contributed by atoms with Crippen molar-refractivity contribution in [3.63, 3.8) is 0 Å². The molecule has 7 heteroatoms. The van der Waals surface area contributed by atoms with Crippen LogP contribution in [0.3, 0.4) is 0 Å². The highest BCUT2D eigenvalue weighted by atomic mass is 16.2. The molecule has 3 aromatic rings. The summed E-state index contributed by atoms with van der Waals surface area (Å²) in [6.07, 6.45) is 8.33. The topological polar surface area (TPSA) is 85.0 Å². The van der Waals surface area contributed by atoms with Crippen molar-refractivity contribution in [2.45, 2.75) is 25.7 Å². The number of aliphatic hydroxyl groups excluding tert-OH is 1. The number of benzene rings is 1. The average Bonchev–Trinajstić information content (AvgIpc) is 3.12. The lowest BCUT2D eigenvalue weighted by Crippen LogP contribution is -2.16. The smallest absolute Gasteiger partial charge is 0.203 e. The average molecular weight is 367 g/mol. The van der Waals surface area contributed by atoms with Crippen LogP contribution >= 0.6 is 0 Å². The predicted octanol–water partition coefficient (Wildman–Crippen LogP) is 1.94. The number of unbranched alkanes of at least 4 members (excludes halogenated alkanes) is 1. The van der Waals surface area contributed by atoms with Gasteiger partial charge in [-0.05, 0) is 43.4 Å². The van der Waals surface area contributed by atoms with Crippen LogP contribution in [0.2, 0.25) is 0 Å². The first-order valence-corrected chi connectivity index (χ1v) is 9.17. The quantitative estimate of drug-likeness (QED) is 0.565. The molecule has 0 fully saturated rings. The zero-order valence-electron chi connectivity index (χ0n) is 15.5. The lowest BCUT2D eigenvalue weighted by atomic mass is 10.1. The van der Waals surface area contributed by atoms with E-state index in [9.17, 15) is 4.79 Å². The van der Waals surface area contributed by atoms with Crippen molar-refractivity contribution in [3.05, 3.63) is 70.4 Å². The van der Waals surface area contributed by atoms with Gasteiger partial charge >= 0.3 is 0 Å². The van der Waals surface area contributed by atoms with E-state index in [1.807, 2.05) is 25.4 Å². The lowest BCUT2D eigenvalue weighted by molar-refractivity contribution is 0.286. The second-order valence-corrected chi connectivity index (χ2v) is 6.50. The van der Waals surface area contributed by atoms with Crippen LogP contribution in [0.25, 0.3) is 5.69 Å². The van der Waals surface area contributed by atoms with E-state index in [-0.39, 0.29) is 12.0 Å². The summed E-state index contributed by atoms with van der Waals surface area (Å²) < 4.78 is 3.39. The van der Waals surface area contributed by atoms with Crippen LogP contribution in [0, 0.1) is 0 Å². The van der Waals surface area contributed by atoms with Gasteiger partial charge in [-0.1, -0.05) is 12.1 Å². The Bertz CT molecular complexity index is 915. The number of hydrogen-bond acceptors (Lipinski definition) is 5. The van der Waals surface area contributed by atoms with E-state index in [1.54, 1.807) is 27.8 Å². The summed E-state index contributed by atoms with van der Waals surface area (Å²) in [5.41, 5.74) is 3.56. The number of aliphatic hydroxyl groups is 1. The van der Waals surface area contributed by atoms with E-state index in [4.69, 9.17) is 5.11 Å². The van der Waals surface area contributed by atoms with E-state index in [1.165, 1.54) is 0 Å². The first kappa shape index (κ1) is 18.8. The molecule has 0 saturated carbocycles. The van der Waals surface area contributed by atoms with E-state index in [0.29, 0.717) is 12.1 Å². The Balaban J connectivity index is 1.60. The van der Waals surface area contributed by atoms with E-state index in [2.05, 4.69) is 27.6 Å². The van der Waals surface area contributed by atoms with Crippen molar-refractivity contribution in [2.24, 2.45) is 7.05 Å². The third-order valence-electron chi connectivity index (χ3n) is 4.35. The molecule has 0 unspecified atom stereocenters. The predicted molar refractivity (Wildman–Crippen MR) is 105 cm³/mol. The van der Waals surface area contributed by atoms with Crippen LogP contribution in [0.1, 0.15) is 24.1 Å². The molecule has 2 N–H and O–H groups in total. The summed E-state index contributed by atoms with van der Waals surface area (Å²) in [4.78, 5) is 12.1. The molecule has 0 saturated heterocycles. The van der Waals surface area contributed by atoms with Crippen molar-refractivity contribution in [2.75, 3.05) is 18.5 Å². The Kier molecular flexibility index (Phi) is 6.38. The van der Waals surface area contributed by atoms with Crippen molar-refractivity contribution >= 4 is 5.69 Å². The van der Waals surface area contributed by atoms with Crippen LogP contribution in [-0.2, 0) is 19.9 Å². The second kappa shape index (κ2) is 9.14. The van der Waals surface area contributed by atoms with Gasteiger partial charge in [-0.3, -0.25) is 9.48 Å². The van der Waals surface area contributed by atoms with E-state index in [0.717, 1.165) is 42.7 Å². The molecule has 0 amide bonds. The molecule has 0 atom stereocenters. The molecule has 2 heterocycles. The Morgan fingerprint density at radius 1 is 1.11 bits per heavy atom. The zero-order chi connectivity index (χ0) is 19.1. The standard InChI is InChI=1S/C20H25N5O2/c1-24-15-18(14-22-24)25-12-10-20(27)19(23-25)9-6-16-4-7-17(8-5-16)21-11-2-3-13-26/h4-5,7-8,10,12,14-15,21,26H,2-3,6,9,11,13H2,1H3. The Morgan fingerprint density at radius 2 is 1.93 bits per heavy atom. The highest BCUT2D eigenvalue weighted by Crippen LogP contribution is 2.11. The third kappa shape index (κ3) is 5.27. The molecule has 0 aliphatic heterocycles. The summed E-state index contributed by atoms with van der Waals surface area (Å²) in [5.74, 6) is 0. The Hall–Kier alpha value is -2.93. The molecular weight excluding hydrogens is 342 g/mol. The third-order valence-corrected chi connectivity index (χ3v) is 4.35. The lowest BCUT2D eigenvalue weighted by Gasteiger charge is -2.08. The number of anilines is 1. The van der Waals surface area contributed by atoms with Crippen molar-refractivity contribution < 1.29 is 5.11 Å². The maximum absolute atomic E-state index is 12.1. The minimum atomic E-state index is -0.0442. The van der Waals surface area contributed by atoms with Gasteiger partial charge < -0.3 is 10.4 Å². The van der Waals surface area contributed by atoms with Gasteiger partial charge in [0.1, 0.15) is 11.4 Å². The fraction of sp³-hybridized carbons (Fsp3) is 0.350. The molecule has 0 bridgehead atoms. The number of nitrogens with one attached hydrogen (secondary N) is 1. The van der Waals surface area contributed by atoms with Gasteiger partial charge in [-0.25, -0.2) is 4.68 Å². The molecule has 27 heavy (non-hydrogen) atoms. The van der Waals surface area contributed by atoms with Crippen LogP contribution in [0.5, 0.6) is 0 Å². The molecule has 2 aromatic heterocycles. The number of aromatic nitrogens is 4. The summed E-state index contributed by atoms with van der Waals surface area (Å²) in [7, 11) is 1.85. The maximum Gasteiger partial charge on any atom is 0.203 e. The normalized spacial score (nSPS) is 10.9. The van der Waals surface area contributed by atoms with Gasteiger partial charge in [0, 0.05) is 38.1 Å². The molecule has 1 aromatic carbocycles. The Labute approximate surface area is 158 Å². The van der Waals surface area contributed by atoms with E-state index < -0.39 is 0 Å². The SMILES string of the molecule is Cn1cc(-n2ccc(=O)c(CCc3ccc(NCCCCO)cc3)n2)cn1. The van der Waals surface area contributed by atoms with Gasteiger partial charge in [0.05, 0.1) is 12.4 Å². The van der Waals surface area contributed by atoms with Crippen LogP contribution in [0.15, 0.2) is 53.7 Å². The highest BCUT2D eigenvalue weighted by molar-refractivity contribution is 5.44. The molecule has 0 aliphatic rings. The van der Waals surface area contributed by atoms with Gasteiger partial charge in [0.25, 0.3) is 0 Å². The van der Waals surface area contributed by atoms with Crippen LogP contribution < -0.4 is 10.7 Å². The monoisotopic (exact) mass is 367 g/mol. The van der Waals surface area contributed by atoms with E-state index >= 15 is 0 Å². The maximum atomic E-state index is 12.1. The molecule has 0 radical (unpaired) electrons. The fourth-order valence-electron chi connectivity index (χ4n) is 2.81. The summed E-state index contributed by atoms with van der Waals surface area (Å²) >= 11 is 0. The van der Waals surface area contributed by atoms with Crippen LogP contribution in [-0.4, -0.2) is 37.8 Å². The molecular formula is C20H25N5O2. The first-order valence-electron chi connectivity index (χ1n) is 9.17. The number of aryl methyl sites for hydroxylation is 3. The Morgan fingerprint density at radius 3 is 2.63 bits per heavy atom. The zero-order valence-corrected chi connectivity index (χ0v) is 15.5. The van der Waals surface area contributed by atoms with Gasteiger partial charge in [0.2, 0.25) is 5.43 Å². The minimum Gasteiger partial charge on any atom is -0.396 e. The summed E-state index contributed by atoms with van der Waals surface area (Å²) in [5, 5.41) is 20.7. The molecule has 7 nitrogen and oxygen atoms in total. The second-order valence-electron chi connectivity index (χ2n) is 6.50. The summed E-state index contributed by atoms with van der Waals surface area (Å²) in [6, 6.07) is 9.77. The number of hydrogen-bond donors (Lipinski definition) is 2. The van der Waals surface area contributed by atoms with Crippen molar-refractivity contribution in [1.82, 2.24) is 19.6 Å². The molecule has 142 valence electrons. The molecule has 3 rings (SSSR count). The van der Waals surface area contributed by atoms with Crippen molar-refractivity contribution in [3.8, 4) is 5.69 Å². The fourth-order valence-corrected chi connectivity index (χ4v) is 2.81. The van der Waals surface area contributed by atoms with Crippen molar-refractivity contribution in [1.29, 1.82) is 0 Å². The van der Waals surface area contributed by atoms with Gasteiger partial charge in [-0.15, -0.1) is 0 Å². The molecule has 0 aliphatic carbocycles.